The second kappa shape index (κ2) is 6.48. The molecule has 0 aromatic heterocycles. The highest BCUT2D eigenvalue weighted by atomic mass is 32.2. The van der Waals surface area contributed by atoms with Crippen molar-refractivity contribution in [2.24, 2.45) is 0 Å². The maximum Gasteiger partial charge on any atom is 0.339 e. The maximum atomic E-state index is 11.7. The van der Waals surface area contributed by atoms with Crippen LogP contribution in [0.3, 0.4) is 0 Å². The molecule has 0 atom stereocenters. The van der Waals surface area contributed by atoms with Crippen molar-refractivity contribution in [1.82, 2.24) is 4.89 Å². The predicted molar refractivity (Wildman–Crippen MR) is 63.2 cm³/mol. The summed E-state index contributed by atoms with van der Waals surface area (Å²) >= 11 is 0. The number of phenols is 1. The Hall–Kier alpha value is -1.68. The van der Waals surface area contributed by atoms with Gasteiger partial charge in [-0.05, 0) is 18.2 Å². The number of nitrogens with one attached hydrogen (secondary N) is 1. The molecule has 0 saturated heterocycles. The van der Waals surface area contributed by atoms with Crippen LogP contribution >= 0.6 is 0 Å². The predicted octanol–water partition coefficient (Wildman–Crippen LogP) is -0.0533. The highest BCUT2D eigenvalue weighted by Crippen LogP contribution is 2.21. The van der Waals surface area contributed by atoms with Crippen molar-refractivity contribution in [2.75, 3.05) is 20.3 Å². The van der Waals surface area contributed by atoms with Crippen molar-refractivity contribution in [3.8, 4) is 5.75 Å². The van der Waals surface area contributed by atoms with Crippen molar-refractivity contribution < 1.29 is 33.0 Å². The summed E-state index contributed by atoms with van der Waals surface area (Å²) in [5.41, 5.74) is -0.514. The summed E-state index contributed by atoms with van der Waals surface area (Å²) in [5.74, 6) is -1.96. The van der Waals surface area contributed by atoms with Crippen LogP contribution in [0.25, 0.3) is 0 Å². The van der Waals surface area contributed by atoms with Gasteiger partial charge in [-0.2, -0.15) is 0 Å². The number of carboxylic acids is 1. The molecule has 19 heavy (non-hydrogen) atoms. The van der Waals surface area contributed by atoms with Crippen LogP contribution in [0.4, 0.5) is 0 Å². The zero-order valence-corrected chi connectivity index (χ0v) is 10.8. The van der Waals surface area contributed by atoms with Crippen LogP contribution in [0.2, 0.25) is 0 Å². The number of benzene rings is 1. The Labute approximate surface area is 109 Å². The van der Waals surface area contributed by atoms with E-state index in [2.05, 4.69) is 9.57 Å². The van der Waals surface area contributed by atoms with Gasteiger partial charge in [0, 0.05) is 7.11 Å². The van der Waals surface area contributed by atoms with Gasteiger partial charge in [0.2, 0.25) is 0 Å². The maximum absolute atomic E-state index is 11.7. The summed E-state index contributed by atoms with van der Waals surface area (Å²) in [6.45, 7) is 0.193. The lowest BCUT2D eigenvalue weighted by Crippen LogP contribution is -2.26. The number of sulfonamides is 1. The van der Waals surface area contributed by atoms with Crippen LogP contribution in [-0.2, 0) is 19.6 Å². The minimum Gasteiger partial charge on any atom is -0.507 e. The molecule has 1 aromatic rings. The minimum atomic E-state index is -4.02. The summed E-state index contributed by atoms with van der Waals surface area (Å²) in [4.78, 5) is 16.9. The average Bonchev–Trinajstić information content (AvgIpc) is 2.34. The third-order valence-electron chi connectivity index (χ3n) is 2.07. The van der Waals surface area contributed by atoms with Gasteiger partial charge in [-0.1, -0.05) is 4.89 Å². The summed E-state index contributed by atoms with van der Waals surface area (Å²) in [6, 6.07) is 2.87. The molecule has 0 amide bonds. The highest BCUT2D eigenvalue weighted by molar-refractivity contribution is 7.89. The van der Waals surface area contributed by atoms with Gasteiger partial charge in [-0.25, -0.2) is 13.2 Å². The second-order valence-electron chi connectivity index (χ2n) is 3.41. The lowest BCUT2D eigenvalue weighted by atomic mass is 10.2. The highest BCUT2D eigenvalue weighted by Gasteiger charge is 2.18. The van der Waals surface area contributed by atoms with E-state index in [-0.39, 0.29) is 18.1 Å². The van der Waals surface area contributed by atoms with Gasteiger partial charge < -0.3 is 14.9 Å². The molecule has 106 valence electrons. The van der Waals surface area contributed by atoms with Crippen molar-refractivity contribution in [1.29, 1.82) is 0 Å². The number of aromatic carboxylic acids is 1. The summed E-state index contributed by atoms with van der Waals surface area (Å²) < 4.78 is 28.1. The van der Waals surface area contributed by atoms with E-state index in [1.54, 1.807) is 0 Å². The first-order valence-corrected chi connectivity index (χ1v) is 6.55. The van der Waals surface area contributed by atoms with Gasteiger partial charge in [-0.3, -0.25) is 4.84 Å². The summed E-state index contributed by atoms with van der Waals surface area (Å²) in [5, 5.41) is 18.1. The SMILES string of the molecule is COCCONS(=O)(=O)c1ccc(O)c(C(=O)O)c1. The van der Waals surface area contributed by atoms with Gasteiger partial charge in [0.05, 0.1) is 18.1 Å². The summed E-state index contributed by atoms with van der Waals surface area (Å²) in [6.07, 6.45) is 0. The Bertz CT molecular complexity index is 555. The van der Waals surface area contributed by atoms with Crippen molar-refractivity contribution in [3.63, 3.8) is 0 Å². The van der Waals surface area contributed by atoms with E-state index in [0.717, 1.165) is 18.2 Å². The number of rotatable bonds is 7. The number of carboxylic acid groups (broad SMARTS) is 1. The van der Waals surface area contributed by atoms with Crippen LogP contribution < -0.4 is 4.89 Å². The topological polar surface area (TPSA) is 122 Å². The van der Waals surface area contributed by atoms with Crippen molar-refractivity contribution in [3.05, 3.63) is 23.8 Å². The van der Waals surface area contributed by atoms with E-state index < -0.39 is 27.3 Å². The molecule has 0 saturated carbocycles. The third kappa shape index (κ3) is 4.17. The summed E-state index contributed by atoms with van der Waals surface area (Å²) in [7, 11) is -2.59. The number of ether oxygens (including phenoxy) is 1. The number of hydrogen-bond acceptors (Lipinski definition) is 6. The lowest BCUT2D eigenvalue weighted by Gasteiger charge is -2.08. The van der Waals surface area contributed by atoms with Crippen LogP contribution in [0.5, 0.6) is 5.75 Å². The number of aromatic hydroxyl groups is 1. The number of hydrogen-bond donors (Lipinski definition) is 3. The van der Waals surface area contributed by atoms with E-state index in [0.29, 0.717) is 0 Å². The van der Waals surface area contributed by atoms with Crippen LogP contribution in [-0.4, -0.2) is 44.9 Å². The average molecular weight is 291 g/mol. The Kier molecular flexibility index (Phi) is 5.24. The van der Waals surface area contributed by atoms with Gasteiger partial charge >= 0.3 is 5.97 Å². The van der Waals surface area contributed by atoms with E-state index in [4.69, 9.17) is 5.11 Å². The first kappa shape index (κ1) is 15.4. The first-order valence-electron chi connectivity index (χ1n) is 5.07. The largest absolute Gasteiger partial charge is 0.507 e. The molecular formula is C10H13NO7S. The second-order valence-corrected chi connectivity index (χ2v) is 5.06. The van der Waals surface area contributed by atoms with E-state index in [1.165, 1.54) is 7.11 Å². The molecule has 0 radical (unpaired) electrons. The van der Waals surface area contributed by atoms with Gasteiger partial charge in [0.25, 0.3) is 10.0 Å². The van der Waals surface area contributed by atoms with Crippen molar-refractivity contribution in [2.45, 2.75) is 4.90 Å². The Morgan fingerprint density at radius 3 is 2.63 bits per heavy atom. The molecule has 1 rings (SSSR count). The lowest BCUT2D eigenvalue weighted by molar-refractivity contribution is 0.0438. The van der Waals surface area contributed by atoms with Crippen LogP contribution in [0, 0.1) is 0 Å². The molecule has 3 N–H and O–H groups in total. The van der Waals surface area contributed by atoms with Crippen LogP contribution in [0.15, 0.2) is 23.1 Å². The molecule has 0 heterocycles. The Morgan fingerprint density at radius 1 is 1.37 bits per heavy atom. The normalized spacial score (nSPS) is 11.4. The molecule has 8 nitrogen and oxygen atoms in total. The smallest absolute Gasteiger partial charge is 0.339 e. The molecule has 0 bridgehead atoms. The van der Waals surface area contributed by atoms with Gasteiger partial charge in [0.15, 0.2) is 0 Å². The fourth-order valence-electron chi connectivity index (χ4n) is 1.15. The van der Waals surface area contributed by atoms with E-state index >= 15 is 0 Å². The number of carbonyl (C=O) groups is 1. The first-order chi connectivity index (χ1) is 8.88. The molecule has 1 aromatic carbocycles. The molecule has 0 aliphatic heterocycles. The molecule has 0 unspecified atom stereocenters. The molecule has 9 heteroatoms. The standard InChI is InChI=1S/C10H13NO7S/c1-17-4-5-18-11-19(15,16)7-2-3-9(12)8(6-7)10(13)14/h2-3,6,11-12H,4-5H2,1H3,(H,13,14). The van der Waals surface area contributed by atoms with E-state index in [9.17, 15) is 18.3 Å². The fourth-order valence-corrected chi connectivity index (χ4v) is 2.00. The van der Waals surface area contributed by atoms with Crippen molar-refractivity contribution >= 4 is 16.0 Å². The Morgan fingerprint density at radius 2 is 2.05 bits per heavy atom. The molecule has 0 spiro atoms. The monoisotopic (exact) mass is 291 g/mol. The third-order valence-corrected chi connectivity index (χ3v) is 3.28. The van der Waals surface area contributed by atoms with Gasteiger partial charge in [0.1, 0.15) is 11.3 Å². The molecule has 0 aliphatic rings. The zero-order chi connectivity index (χ0) is 14.5. The van der Waals surface area contributed by atoms with E-state index in [1.807, 2.05) is 4.89 Å². The number of methoxy groups -OCH3 is 1. The van der Waals surface area contributed by atoms with Crippen LogP contribution in [0.1, 0.15) is 10.4 Å². The van der Waals surface area contributed by atoms with Gasteiger partial charge in [-0.15, -0.1) is 0 Å². The minimum absolute atomic E-state index is 0.000396. The molecule has 0 fully saturated rings. The molecular weight excluding hydrogens is 278 g/mol. The fraction of sp³-hybridized carbons (Fsp3) is 0.300. The molecule has 0 aliphatic carbocycles. The zero-order valence-electron chi connectivity index (χ0n) is 9.99. The Balaban J connectivity index is 2.89. The quantitative estimate of drug-likeness (QED) is 0.475.